The van der Waals surface area contributed by atoms with Gasteiger partial charge in [-0.2, -0.15) is 0 Å². The molecule has 1 unspecified atom stereocenters. The minimum absolute atomic E-state index is 0.171. The van der Waals surface area contributed by atoms with Crippen molar-refractivity contribution in [2.75, 3.05) is 18.0 Å². The lowest BCUT2D eigenvalue weighted by Crippen LogP contribution is -2.24. The van der Waals surface area contributed by atoms with Crippen molar-refractivity contribution in [1.29, 1.82) is 0 Å². The first-order valence-electron chi connectivity index (χ1n) is 7.62. The normalized spacial score (nSPS) is 18.8. The van der Waals surface area contributed by atoms with Gasteiger partial charge in [0, 0.05) is 18.8 Å². The van der Waals surface area contributed by atoms with Crippen LogP contribution in [-0.4, -0.2) is 36.4 Å². The van der Waals surface area contributed by atoms with Gasteiger partial charge in [-0.25, -0.2) is 4.39 Å². The highest BCUT2D eigenvalue weighted by molar-refractivity contribution is 5.46. The third-order valence-electron chi connectivity index (χ3n) is 3.29. The molecule has 1 aromatic carbocycles. The van der Waals surface area contributed by atoms with E-state index >= 15 is 0 Å². The minimum atomic E-state index is -0.318. The molecule has 0 radical (unpaired) electrons. The van der Waals surface area contributed by atoms with Crippen molar-refractivity contribution in [1.82, 2.24) is 0 Å². The number of aliphatic hydroxyl groups is 1. The van der Waals surface area contributed by atoms with E-state index in [-0.39, 0.29) is 17.5 Å². The molecule has 1 saturated heterocycles. The van der Waals surface area contributed by atoms with Crippen molar-refractivity contribution in [2.24, 2.45) is 0 Å². The Morgan fingerprint density at radius 3 is 2.36 bits per heavy atom. The SMILES string of the molecule is CC(C)(C)OC=O.OC1CCCN(c2ccc(F)cc2)CC1. The topological polar surface area (TPSA) is 49.8 Å². The van der Waals surface area contributed by atoms with Crippen molar-refractivity contribution in [3.8, 4) is 0 Å². The Labute approximate surface area is 131 Å². The van der Waals surface area contributed by atoms with Crippen LogP contribution in [0.4, 0.5) is 10.1 Å². The minimum Gasteiger partial charge on any atom is -0.462 e. The van der Waals surface area contributed by atoms with Crippen molar-refractivity contribution in [2.45, 2.75) is 51.7 Å². The Morgan fingerprint density at radius 2 is 1.86 bits per heavy atom. The average molecular weight is 311 g/mol. The third-order valence-corrected chi connectivity index (χ3v) is 3.29. The first kappa shape index (κ1) is 18.4. The molecule has 124 valence electrons. The Balaban J connectivity index is 0.000000295. The molecule has 1 aromatic rings. The lowest BCUT2D eigenvalue weighted by molar-refractivity contribution is -0.138. The van der Waals surface area contributed by atoms with Crippen LogP contribution in [0.2, 0.25) is 0 Å². The number of rotatable bonds is 2. The molecule has 1 N–H and O–H groups in total. The molecule has 0 amide bonds. The molecular weight excluding hydrogens is 285 g/mol. The van der Waals surface area contributed by atoms with E-state index in [0.717, 1.165) is 38.0 Å². The van der Waals surface area contributed by atoms with Crippen LogP contribution >= 0.6 is 0 Å². The van der Waals surface area contributed by atoms with Crippen LogP contribution in [0.5, 0.6) is 0 Å². The summed E-state index contributed by atoms with van der Waals surface area (Å²) in [6.45, 7) is 7.72. The molecule has 1 fully saturated rings. The van der Waals surface area contributed by atoms with Crippen molar-refractivity contribution < 1.29 is 19.0 Å². The highest BCUT2D eigenvalue weighted by Gasteiger charge is 2.14. The molecule has 0 aromatic heterocycles. The predicted molar refractivity (Wildman–Crippen MR) is 85.4 cm³/mol. The number of carbonyl (C=O) groups excluding carboxylic acids is 1. The summed E-state index contributed by atoms with van der Waals surface area (Å²) in [5.74, 6) is -0.200. The van der Waals surface area contributed by atoms with E-state index in [1.165, 1.54) is 12.1 Å². The highest BCUT2D eigenvalue weighted by atomic mass is 19.1. The first-order valence-corrected chi connectivity index (χ1v) is 7.62. The molecule has 0 saturated carbocycles. The van der Waals surface area contributed by atoms with E-state index in [9.17, 15) is 14.3 Å². The molecule has 1 heterocycles. The quantitative estimate of drug-likeness (QED) is 0.853. The summed E-state index contributed by atoms with van der Waals surface area (Å²) in [4.78, 5) is 11.8. The largest absolute Gasteiger partial charge is 0.462 e. The lowest BCUT2D eigenvalue weighted by atomic mass is 10.2. The summed E-state index contributed by atoms with van der Waals surface area (Å²) >= 11 is 0. The van der Waals surface area contributed by atoms with Gasteiger partial charge < -0.3 is 14.7 Å². The second-order valence-corrected chi connectivity index (χ2v) is 6.37. The van der Waals surface area contributed by atoms with Crippen molar-refractivity contribution >= 4 is 12.2 Å². The van der Waals surface area contributed by atoms with Crippen molar-refractivity contribution in [3.05, 3.63) is 30.1 Å². The van der Waals surface area contributed by atoms with Crippen LogP contribution in [0.15, 0.2) is 24.3 Å². The van der Waals surface area contributed by atoms with E-state index in [2.05, 4.69) is 9.64 Å². The Morgan fingerprint density at radius 1 is 1.23 bits per heavy atom. The molecule has 5 heteroatoms. The fourth-order valence-corrected chi connectivity index (χ4v) is 2.13. The zero-order valence-corrected chi connectivity index (χ0v) is 13.6. The van der Waals surface area contributed by atoms with Crippen LogP contribution in [0, 0.1) is 5.82 Å². The van der Waals surface area contributed by atoms with Crippen LogP contribution < -0.4 is 4.90 Å². The number of anilines is 1. The third kappa shape index (κ3) is 7.41. The molecule has 22 heavy (non-hydrogen) atoms. The maximum Gasteiger partial charge on any atom is 0.293 e. The number of aliphatic hydroxyl groups excluding tert-OH is 1. The Bertz CT molecular complexity index is 442. The number of ether oxygens (including phenoxy) is 1. The van der Waals surface area contributed by atoms with Crippen LogP contribution in [0.1, 0.15) is 40.0 Å². The van der Waals surface area contributed by atoms with Gasteiger partial charge in [0.1, 0.15) is 11.4 Å². The monoisotopic (exact) mass is 311 g/mol. The molecule has 0 bridgehead atoms. The molecule has 1 aliphatic heterocycles. The number of nitrogens with zero attached hydrogens (tertiary/aromatic N) is 1. The fourth-order valence-electron chi connectivity index (χ4n) is 2.13. The molecular formula is C17H26FNO3. The van der Waals surface area contributed by atoms with Gasteiger partial charge in [-0.1, -0.05) is 0 Å². The predicted octanol–water partition coefficient (Wildman–Crippen LogP) is 3.13. The molecule has 1 aliphatic rings. The molecule has 4 nitrogen and oxygen atoms in total. The van der Waals surface area contributed by atoms with Gasteiger partial charge in [-0.3, -0.25) is 4.79 Å². The second kappa shape index (κ2) is 8.73. The van der Waals surface area contributed by atoms with Gasteiger partial charge in [0.2, 0.25) is 0 Å². The van der Waals surface area contributed by atoms with Gasteiger partial charge >= 0.3 is 0 Å². The van der Waals surface area contributed by atoms with Gasteiger partial charge in [0.25, 0.3) is 6.47 Å². The Kier molecular flexibility index (Phi) is 7.32. The summed E-state index contributed by atoms with van der Waals surface area (Å²) in [6, 6.07) is 6.56. The standard InChI is InChI=1S/C12H16FNO.C5H10O2/c13-10-3-5-11(6-4-10)14-8-1-2-12(15)7-9-14;1-5(2,3)7-4-6/h3-6,12,15H,1-2,7-9H2;4H,1-3H3. The van der Waals surface area contributed by atoms with Crippen molar-refractivity contribution in [3.63, 3.8) is 0 Å². The van der Waals surface area contributed by atoms with Crippen LogP contribution in [-0.2, 0) is 9.53 Å². The highest BCUT2D eigenvalue weighted by Crippen LogP contribution is 2.19. The van der Waals surface area contributed by atoms with E-state index in [0.29, 0.717) is 6.47 Å². The maximum atomic E-state index is 12.7. The molecule has 2 rings (SSSR count). The summed E-state index contributed by atoms with van der Waals surface area (Å²) in [7, 11) is 0. The molecule has 0 spiro atoms. The van der Waals surface area contributed by atoms with E-state index < -0.39 is 0 Å². The fraction of sp³-hybridized carbons (Fsp3) is 0.588. The number of hydrogen-bond acceptors (Lipinski definition) is 4. The lowest BCUT2D eigenvalue weighted by Gasteiger charge is -2.22. The number of benzene rings is 1. The smallest absolute Gasteiger partial charge is 0.293 e. The van der Waals surface area contributed by atoms with Gasteiger partial charge in [-0.05, 0) is 64.3 Å². The van der Waals surface area contributed by atoms with E-state index in [1.54, 1.807) is 12.1 Å². The number of carbonyl (C=O) groups is 1. The van der Waals surface area contributed by atoms with Gasteiger partial charge in [0.15, 0.2) is 0 Å². The summed E-state index contributed by atoms with van der Waals surface area (Å²) in [5.41, 5.74) is 0.729. The number of halogens is 1. The summed E-state index contributed by atoms with van der Waals surface area (Å²) in [5, 5.41) is 9.51. The average Bonchev–Trinajstić information content (AvgIpc) is 2.64. The van der Waals surface area contributed by atoms with E-state index in [4.69, 9.17) is 0 Å². The van der Waals surface area contributed by atoms with Crippen LogP contribution in [0.3, 0.4) is 0 Å². The first-order chi connectivity index (χ1) is 10.3. The number of hydrogen-bond donors (Lipinski definition) is 1. The van der Waals surface area contributed by atoms with Gasteiger partial charge in [0.05, 0.1) is 6.10 Å². The van der Waals surface area contributed by atoms with E-state index in [1.807, 2.05) is 20.8 Å². The zero-order chi connectivity index (χ0) is 16.6. The van der Waals surface area contributed by atoms with Crippen LogP contribution in [0.25, 0.3) is 0 Å². The van der Waals surface area contributed by atoms with Gasteiger partial charge in [-0.15, -0.1) is 0 Å². The second-order valence-electron chi connectivity index (χ2n) is 6.37. The zero-order valence-electron chi connectivity index (χ0n) is 13.6. The molecule has 0 aliphatic carbocycles. The maximum absolute atomic E-state index is 12.7. The Hall–Kier alpha value is -1.62. The summed E-state index contributed by atoms with van der Waals surface area (Å²) in [6.07, 6.45) is 2.50. The summed E-state index contributed by atoms with van der Waals surface area (Å²) < 4.78 is 17.3. The molecule has 1 atom stereocenters.